The van der Waals surface area contributed by atoms with Crippen LogP contribution >= 0.6 is 0 Å². The molecule has 1 aromatic heterocycles. The van der Waals surface area contributed by atoms with Gasteiger partial charge in [-0.1, -0.05) is 5.16 Å². The van der Waals surface area contributed by atoms with Crippen LogP contribution in [0.5, 0.6) is 0 Å². The van der Waals surface area contributed by atoms with Crippen LogP contribution in [0.25, 0.3) is 0 Å². The van der Waals surface area contributed by atoms with E-state index in [2.05, 4.69) is 5.16 Å². The van der Waals surface area contributed by atoms with E-state index in [-0.39, 0.29) is 5.91 Å². The molecule has 1 fully saturated rings. The van der Waals surface area contributed by atoms with E-state index in [1.165, 1.54) is 0 Å². The smallest absolute Gasteiger partial charge is 0.259 e. The quantitative estimate of drug-likeness (QED) is 0.825. The Morgan fingerprint density at radius 1 is 1.39 bits per heavy atom. The molecular weight excluding hydrogens is 232 g/mol. The average molecular weight is 252 g/mol. The number of aliphatic hydroxyl groups is 1. The molecule has 1 aromatic rings. The predicted molar refractivity (Wildman–Crippen MR) is 66.4 cm³/mol. The normalized spacial score (nSPS) is 25.0. The summed E-state index contributed by atoms with van der Waals surface area (Å²) in [7, 11) is 0. The molecule has 0 spiro atoms. The van der Waals surface area contributed by atoms with Gasteiger partial charge in [-0.05, 0) is 40.0 Å². The highest BCUT2D eigenvalue weighted by atomic mass is 16.5. The Labute approximate surface area is 107 Å². The third-order valence-electron chi connectivity index (χ3n) is 3.60. The minimum absolute atomic E-state index is 0.0380. The summed E-state index contributed by atoms with van der Waals surface area (Å²) >= 11 is 0. The monoisotopic (exact) mass is 252 g/mol. The summed E-state index contributed by atoms with van der Waals surface area (Å²) in [6.07, 6.45) is 2.17. The van der Waals surface area contributed by atoms with Gasteiger partial charge in [0.1, 0.15) is 11.3 Å². The highest BCUT2D eigenvalue weighted by Crippen LogP contribution is 2.23. The zero-order chi connectivity index (χ0) is 13.3. The van der Waals surface area contributed by atoms with Gasteiger partial charge in [0.2, 0.25) is 0 Å². The molecule has 0 saturated carbocycles. The lowest BCUT2D eigenvalue weighted by atomic mass is 9.98. The minimum Gasteiger partial charge on any atom is -0.390 e. The van der Waals surface area contributed by atoms with E-state index >= 15 is 0 Å². The van der Waals surface area contributed by atoms with Crippen molar-refractivity contribution in [3.63, 3.8) is 0 Å². The van der Waals surface area contributed by atoms with Crippen molar-refractivity contribution in [1.82, 2.24) is 10.1 Å². The van der Waals surface area contributed by atoms with Crippen LogP contribution in [-0.4, -0.2) is 39.8 Å². The van der Waals surface area contributed by atoms with E-state index in [1.807, 2.05) is 6.92 Å². The van der Waals surface area contributed by atoms with Crippen LogP contribution in [0.3, 0.4) is 0 Å². The Kier molecular flexibility index (Phi) is 3.43. The number of rotatable bonds is 1. The third-order valence-corrected chi connectivity index (χ3v) is 3.60. The number of aryl methyl sites for hydroxylation is 2. The predicted octanol–water partition coefficient (Wildman–Crippen LogP) is 1.67. The standard InChI is InChI=1S/C13H20N2O3/c1-9-11(10(2)18-14-9)12(16)15-7-4-5-13(3,17)6-8-15/h17H,4-8H2,1-3H3. The number of carbonyl (C=O) groups excluding carboxylic acids is 1. The second kappa shape index (κ2) is 4.72. The van der Waals surface area contributed by atoms with Gasteiger partial charge in [-0.2, -0.15) is 0 Å². The molecule has 5 nitrogen and oxygen atoms in total. The number of aromatic nitrogens is 1. The number of amides is 1. The summed E-state index contributed by atoms with van der Waals surface area (Å²) in [4.78, 5) is 14.2. The fraction of sp³-hybridized carbons (Fsp3) is 0.692. The Morgan fingerprint density at radius 2 is 2.11 bits per heavy atom. The zero-order valence-corrected chi connectivity index (χ0v) is 11.2. The van der Waals surface area contributed by atoms with E-state index in [4.69, 9.17) is 4.52 Å². The van der Waals surface area contributed by atoms with Crippen LogP contribution < -0.4 is 0 Å². The van der Waals surface area contributed by atoms with E-state index in [0.29, 0.717) is 36.5 Å². The molecule has 0 bridgehead atoms. The molecule has 0 aliphatic carbocycles. The first-order chi connectivity index (χ1) is 8.41. The topological polar surface area (TPSA) is 66.6 Å². The van der Waals surface area contributed by atoms with E-state index in [1.54, 1.807) is 18.7 Å². The number of nitrogens with zero attached hydrogens (tertiary/aromatic N) is 2. The third kappa shape index (κ3) is 2.56. The van der Waals surface area contributed by atoms with Crippen LogP contribution in [0.4, 0.5) is 0 Å². The first-order valence-corrected chi connectivity index (χ1v) is 6.35. The Hall–Kier alpha value is -1.36. The summed E-state index contributed by atoms with van der Waals surface area (Å²) in [5.41, 5.74) is 0.540. The average Bonchev–Trinajstić information content (AvgIpc) is 2.51. The Bertz CT molecular complexity index is 432. The molecule has 1 aliphatic rings. The maximum atomic E-state index is 12.4. The van der Waals surface area contributed by atoms with Crippen molar-refractivity contribution < 1.29 is 14.4 Å². The second-order valence-corrected chi connectivity index (χ2v) is 5.34. The van der Waals surface area contributed by atoms with Gasteiger partial charge in [0.15, 0.2) is 0 Å². The molecule has 100 valence electrons. The molecular formula is C13H20N2O3. The van der Waals surface area contributed by atoms with Gasteiger partial charge in [0, 0.05) is 13.1 Å². The molecule has 1 N–H and O–H groups in total. The van der Waals surface area contributed by atoms with Gasteiger partial charge in [-0.25, -0.2) is 0 Å². The van der Waals surface area contributed by atoms with Gasteiger partial charge in [-0.15, -0.1) is 0 Å². The van der Waals surface area contributed by atoms with Crippen molar-refractivity contribution in [1.29, 1.82) is 0 Å². The lowest BCUT2D eigenvalue weighted by Crippen LogP contribution is -2.34. The first kappa shape index (κ1) is 13.1. The molecule has 2 rings (SSSR count). The van der Waals surface area contributed by atoms with Crippen molar-refractivity contribution in [3.8, 4) is 0 Å². The SMILES string of the molecule is Cc1noc(C)c1C(=O)N1CCCC(C)(O)CC1. The summed E-state index contributed by atoms with van der Waals surface area (Å²) < 4.78 is 5.03. The molecule has 18 heavy (non-hydrogen) atoms. The van der Waals surface area contributed by atoms with E-state index < -0.39 is 5.60 Å². The van der Waals surface area contributed by atoms with Crippen LogP contribution in [-0.2, 0) is 0 Å². The lowest BCUT2D eigenvalue weighted by Gasteiger charge is -2.22. The van der Waals surface area contributed by atoms with Gasteiger partial charge in [0.05, 0.1) is 11.3 Å². The summed E-state index contributed by atoms with van der Waals surface area (Å²) in [6, 6.07) is 0. The number of hydrogen-bond donors (Lipinski definition) is 1. The second-order valence-electron chi connectivity index (χ2n) is 5.34. The van der Waals surface area contributed by atoms with Crippen LogP contribution in [0, 0.1) is 13.8 Å². The minimum atomic E-state index is -0.659. The van der Waals surface area contributed by atoms with Gasteiger partial charge in [0.25, 0.3) is 5.91 Å². The van der Waals surface area contributed by atoms with Crippen molar-refractivity contribution in [2.24, 2.45) is 0 Å². The molecule has 2 heterocycles. The van der Waals surface area contributed by atoms with Gasteiger partial charge >= 0.3 is 0 Å². The molecule has 0 aromatic carbocycles. The molecule has 0 radical (unpaired) electrons. The Morgan fingerprint density at radius 3 is 2.72 bits per heavy atom. The van der Waals surface area contributed by atoms with Crippen molar-refractivity contribution in [2.45, 2.75) is 45.6 Å². The molecule has 1 saturated heterocycles. The maximum Gasteiger partial charge on any atom is 0.259 e. The molecule has 1 atom stereocenters. The van der Waals surface area contributed by atoms with Crippen LogP contribution in [0.1, 0.15) is 48.0 Å². The zero-order valence-electron chi connectivity index (χ0n) is 11.2. The highest BCUT2D eigenvalue weighted by molar-refractivity contribution is 5.96. The van der Waals surface area contributed by atoms with E-state index in [0.717, 1.165) is 12.8 Å². The molecule has 1 unspecified atom stereocenters. The van der Waals surface area contributed by atoms with Crippen molar-refractivity contribution in [2.75, 3.05) is 13.1 Å². The molecule has 1 aliphatic heterocycles. The van der Waals surface area contributed by atoms with Crippen LogP contribution in [0.15, 0.2) is 4.52 Å². The van der Waals surface area contributed by atoms with Crippen LogP contribution in [0.2, 0.25) is 0 Å². The summed E-state index contributed by atoms with van der Waals surface area (Å²) in [5.74, 6) is 0.525. The number of carbonyl (C=O) groups is 1. The highest BCUT2D eigenvalue weighted by Gasteiger charge is 2.29. The first-order valence-electron chi connectivity index (χ1n) is 6.35. The summed E-state index contributed by atoms with van der Waals surface area (Å²) in [5, 5.41) is 13.8. The largest absolute Gasteiger partial charge is 0.390 e. The maximum absolute atomic E-state index is 12.4. The lowest BCUT2D eigenvalue weighted by molar-refractivity contribution is 0.0438. The number of likely N-dealkylation sites (tertiary alicyclic amines) is 1. The Balaban J connectivity index is 2.15. The molecule has 1 amide bonds. The van der Waals surface area contributed by atoms with Crippen molar-refractivity contribution >= 4 is 5.91 Å². The summed E-state index contributed by atoms with van der Waals surface area (Å²) in [6.45, 7) is 6.62. The van der Waals surface area contributed by atoms with Gasteiger partial charge < -0.3 is 14.5 Å². The number of hydrogen-bond acceptors (Lipinski definition) is 4. The molecule has 5 heteroatoms. The fourth-order valence-corrected chi connectivity index (χ4v) is 2.41. The van der Waals surface area contributed by atoms with Crippen molar-refractivity contribution in [3.05, 3.63) is 17.0 Å². The fourth-order valence-electron chi connectivity index (χ4n) is 2.41. The van der Waals surface area contributed by atoms with Gasteiger partial charge in [-0.3, -0.25) is 4.79 Å². The van der Waals surface area contributed by atoms with E-state index in [9.17, 15) is 9.90 Å².